The summed E-state index contributed by atoms with van der Waals surface area (Å²) in [5.74, 6) is 0.816. The van der Waals surface area contributed by atoms with Gasteiger partial charge in [-0.25, -0.2) is 0 Å². The molecule has 2 unspecified atom stereocenters. The SMILES string of the molecule is CC1=NNC(C2CC=CCC2)C1. The zero-order valence-electron chi connectivity index (χ0n) is 7.59. The van der Waals surface area contributed by atoms with Gasteiger partial charge in [-0.05, 0) is 32.1 Å². The van der Waals surface area contributed by atoms with Crippen LogP contribution in [-0.2, 0) is 0 Å². The third kappa shape index (κ3) is 1.52. The van der Waals surface area contributed by atoms with Crippen LogP contribution >= 0.6 is 0 Å². The lowest BCUT2D eigenvalue weighted by Gasteiger charge is -2.23. The highest BCUT2D eigenvalue weighted by molar-refractivity contribution is 5.83. The Bertz CT molecular complexity index is 218. The summed E-state index contributed by atoms with van der Waals surface area (Å²) in [4.78, 5) is 0. The Morgan fingerprint density at radius 3 is 3.00 bits per heavy atom. The molecule has 2 nitrogen and oxygen atoms in total. The van der Waals surface area contributed by atoms with Gasteiger partial charge in [0, 0.05) is 12.1 Å². The highest BCUT2D eigenvalue weighted by Crippen LogP contribution is 2.25. The molecule has 2 atom stereocenters. The van der Waals surface area contributed by atoms with E-state index in [1.165, 1.54) is 25.0 Å². The summed E-state index contributed by atoms with van der Waals surface area (Å²) < 4.78 is 0. The van der Waals surface area contributed by atoms with Crippen LogP contribution in [0.4, 0.5) is 0 Å². The third-order valence-electron chi connectivity index (χ3n) is 2.82. The van der Waals surface area contributed by atoms with Crippen LogP contribution in [0.25, 0.3) is 0 Å². The number of hydrazone groups is 1. The minimum atomic E-state index is 0.620. The Morgan fingerprint density at radius 2 is 2.42 bits per heavy atom. The number of hydrogen-bond acceptors (Lipinski definition) is 2. The molecular weight excluding hydrogens is 148 g/mol. The van der Waals surface area contributed by atoms with Gasteiger partial charge >= 0.3 is 0 Å². The minimum Gasteiger partial charge on any atom is -0.306 e. The highest BCUT2D eigenvalue weighted by Gasteiger charge is 2.24. The maximum absolute atomic E-state index is 4.24. The largest absolute Gasteiger partial charge is 0.306 e. The Hall–Kier alpha value is -0.790. The molecule has 0 radical (unpaired) electrons. The number of hydrogen-bond donors (Lipinski definition) is 1. The Labute approximate surface area is 73.7 Å². The second-order valence-corrected chi connectivity index (χ2v) is 3.83. The fourth-order valence-electron chi connectivity index (χ4n) is 2.06. The van der Waals surface area contributed by atoms with E-state index in [1.807, 2.05) is 0 Å². The number of nitrogens with zero attached hydrogens (tertiary/aromatic N) is 1. The van der Waals surface area contributed by atoms with Crippen LogP contribution in [0.1, 0.15) is 32.6 Å². The molecule has 0 aromatic carbocycles. The van der Waals surface area contributed by atoms with Crippen molar-refractivity contribution in [1.29, 1.82) is 0 Å². The topological polar surface area (TPSA) is 24.4 Å². The summed E-state index contributed by atoms with van der Waals surface area (Å²) in [5.41, 5.74) is 4.49. The molecule has 66 valence electrons. The summed E-state index contributed by atoms with van der Waals surface area (Å²) in [6.07, 6.45) is 9.57. The molecule has 0 amide bonds. The van der Waals surface area contributed by atoms with Crippen molar-refractivity contribution in [3.63, 3.8) is 0 Å². The lowest BCUT2D eigenvalue weighted by atomic mass is 9.86. The van der Waals surface area contributed by atoms with Gasteiger partial charge in [0.2, 0.25) is 0 Å². The first-order valence-electron chi connectivity index (χ1n) is 4.80. The zero-order chi connectivity index (χ0) is 8.39. The maximum atomic E-state index is 4.24. The van der Waals surface area contributed by atoms with E-state index < -0.39 is 0 Å². The summed E-state index contributed by atoms with van der Waals surface area (Å²) in [7, 11) is 0. The molecule has 2 aliphatic rings. The van der Waals surface area contributed by atoms with Crippen LogP contribution in [0.15, 0.2) is 17.3 Å². The molecule has 1 heterocycles. The lowest BCUT2D eigenvalue weighted by molar-refractivity contribution is 0.356. The minimum absolute atomic E-state index is 0.620. The van der Waals surface area contributed by atoms with Crippen molar-refractivity contribution in [3.05, 3.63) is 12.2 Å². The molecular formula is C10H16N2. The van der Waals surface area contributed by atoms with E-state index in [0.717, 1.165) is 12.3 Å². The standard InChI is InChI=1S/C10H16N2/c1-8-7-10(12-11-8)9-5-3-2-4-6-9/h2-3,9-10,12H,4-7H2,1H3. The zero-order valence-corrected chi connectivity index (χ0v) is 7.59. The van der Waals surface area contributed by atoms with E-state index in [9.17, 15) is 0 Å². The molecule has 0 spiro atoms. The van der Waals surface area contributed by atoms with Gasteiger partial charge in [0.1, 0.15) is 0 Å². The Balaban J connectivity index is 1.90. The van der Waals surface area contributed by atoms with E-state index in [0.29, 0.717) is 6.04 Å². The average molecular weight is 164 g/mol. The average Bonchev–Trinajstić information content (AvgIpc) is 2.54. The lowest BCUT2D eigenvalue weighted by Crippen LogP contribution is -2.29. The van der Waals surface area contributed by atoms with Crippen LogP contribution in [0.3, 0.4) is 0 Å². The van der Waals surface area contributed by atoms with Crippen molar-refractivity contribution in [2.45, 2.75) is 38.6 Å². The quantitative estimate of drug-likeness (QED) is 0.589. The smallest absolute Gasteiger partial charge is 0.0524 e. The molecule has 0 saturated heterocycles. The molecule has 1 N–H and O–H groups in total. The van der Waals surface area contributed by atoms with E-state index in [1.54, 1.807) is 0 Å². The van der Waals surface area contributed by atoms with Crippen LogP contribution < -0.4 is 5.43 Å². The molecule has 2 heteroatoms. The van der Waals surface area contributed by atoms with Crippen molar-refractivity contribution in [2.24, 2.45) is 11.0 Å². The van der Waals surface area contributed by atoms with E-state index in [4.69, 9.17) is 0 Å². The normalized spacial score (nSPS) is 34.6. The maximum Gasteiger partial charge on any atom is 0.0524 e. The summed E-state index contributed by atoms with van der Waals surface area (Å²) >= 11 is 0. The molecule has 0 fully saturated rings. The van der Waals surface area contributed by atoms with Crippen LogP contribution in [-0.4, -0.2) is 11.8 Å². The van der Waals surface area contributed by atoms with Crippen molar-refractivity contribution in [2.75, 3.05) is 0 Å². The van der Waals surface area contributed by atoms with Crippen molar-refractivity contribution in [1.82, 2.24) is 5.43 Å². The van der Waals surface area contributed by atoms with E-state index in [2.05, 4.69) is 29.6 Å². The van der Waals surface area contributed by atoms with Crippen molar-refractivity contribution in [3.8, 4) is 0 Å². The molecule has 0 aromatic rings. The van der Waals surface area contributed by atoms with Gasteiger partial charge in [-0.1, -0.05) is 12.2 Å². The molecule has 1 aliphatic carbocycles. The number of rotatable bonds is 1. The number of nitrogens with one attached hydrogen (secondary N) is 1. The van der Waals surface area contributed by atoms with Crippen LogP contribution in [0, 0.1) is 5.92 Å². The molecule has 12 heavy (non-hydrogen) atoms. The number of allylic oxidation sites excluding steroid dienone is 2. The summed E-state index contributed by atoms with van der Waals surface area (Å²) in [6, 6.07) is 0.620. The second-order valence-electron chi connectivity index (χ2n) is 3.83. The second kappa shape index (κ2) is 3.30. The molecule has 0 saturated carbocycles. The first-order chi connectivity index (χ1) is 5.86. The molecule has 0 bridgehead atoms. The van der Waals surface area contributed by atoms with Gasteiger partial charge in [-0.15, -0.1) is 0 Å². The monoisotopic (exact) mass is 164 g/mol. The third-order valence-corrected chi connectivity index (χ3v) is 2.82. The summed E-state index contributed by atoms with van der Waals surface area (Å²) in [5, 5.41) is 4.24. The fourth-order valence-corrected chi connectivity index (χ4v) is 2.06. The van der Waals surface area contributed by atoms with Gasteiger partial charge < -0.3 is 5.43 Å². The van der Waals surface area contributed by atoms with Gasteiger partial charge in [-0.2, -0.15) is 5.10 Å². The molecule has 0 aromatic heterocycles. The Morgan fingerprint density at radius 1 is 1.50 bits per heavy atom. The first kappa shape index (κ1) is 7.84. The highest BCUT2D eigenvalue weighted by atomic mass is 15.3. The Kier molecular flexibility index (Phi) is 2.15. The van der Waals surface area contributed by atoms with Gasteiger partial charge in [-0.3, -0.25) is 0 Å². The predicted octanol–water partition coefficient (Wildman–Crippen LogP) is 2.08. The molecule has 2 rings (SSSR count). The van der Waals surface area contributed by atoms with Crippen molar-refractivity contribution < 1.29 is 0 Å². The summed E-state index contributed by atoms with van der Waals surface area (Å²) in [6.45, 7) is 2.10. The van der Waals surface area contributed by atoms with Crippen LogP contribution in [0.2, 0.25) is 0 Å². The first-order valence-corrected chi connectivity index (χ1v) is 4.80. The van der Waals surface area contributed by atoms with Gasteiger partial charge in [0.15, 0.2) is 0 Å². The van der Waals surface area contributed by atoms with Gasteiger partial charge in [0.25, 0.3) is 0 Å². The van der Waals surface area contributed by atoms with Gasteiger partial charge in [0.05, 0.1) is 6.04 Å². The van der Waals surface area contributed by atoms with Crippen molar-refractivity contribution >= 4 is 5.71 Å². The molecule has 1 aliphatic heterocycles. The fraction of sp³-hybridized carbons (Fsp3) is 0.700. The predicted molar refractivity (Wildman–Crippen MR) is 51.1 cm³/mol. The van der Waals surface area contributed by atoms with E-state index in [-0.39, 0.29) is 0 Å². The van der Waals surface area contributed by atoms with Crippen LogP contribution in [0.5, 0.6) is 0 Å². The van der Waals surface area contributed by atoms with E-state index >= 15 is 0 Å².